The van der Waals surface area contributed by atoms with Crippen molar-refractivity contribution in [3.05, 3.63) is 46.1 Å². The van der Waals surface area contributed by atoms with Crippen molar-refractivity contribution >= 4 is 21.6 Å². The van der Waals surface area contributed by atoms with E-state index in [1.165, 1.54) is 5.56 Å². The zero-order chi connectivity index (χ0) is 12.4. The van der Waals surface area contributed by atoms with E-state index in [2.05, 4.69) is 21.1 Å². The third kappa shape index (κ3) is 2.42. The van der Waals surface area contributed by atoms with Crippen LogP contribution >= 0.6 is 15.9 Å². The second kappa shape index (κ2) is 4.75. The van der Waals surface area contributed by atoms with Crippen molar-refractivity contribution in [2.75, 3.05) is 0 Å². The topological polar surface area (TPSA) is 45.7 Å². The van der Waals surface area contributed by atoms with Crippen LogP contribution in [0.5, 0.6) is 0 Å². The lowest BCUT2D eigenvalue weighted by Gasteiger charge is -2.02. The summed E-state index contributed by atoms with van der Waals surface area (Å²) in [5.41, 5.74) is 2.62. The Morgan fingerprint density at radius 2 is 2.06 bits per heavy atom. The number of oxime groups is 1. The number of furan rings is 1. The average molecular weight is 294 g/mol. The molecule has 1 heterocycles. The number of hydrogen-bond donors (Lipinski definition) is 1. The fraction of sp³-hybridized carbons (Fsp3) is 0.154. The first-order valence-corrected chi connectivity index (χ1v) is 5.96. The van der Waals surface area contributed by atoms with Gasteiger partial charge < -0.3 is 9.62 Å². The van der Waals surface area contributed by atoms with Gasteiger partial charge in [0.2, 0.25) is 0 Å². The second-order valence-electron chi connectivity index (χ2n) is 3.83. The molecule has 0 unspecified atom stereocenters. The van der Waals surface area contributed by atoms with Crippen molar-refractivity contribution in [2.24, 2.45) is 5.16 Å². The highest BCUT2D eigenvalue weighted by atomic mass is 79.9. The molecule has 88 valence electrons. The summed E-state index contributed by atoms with van der Waals surface area (Å²) in [6, 6.07) is 9.70. The Balaban J connectivity index is 2.44. The molecule has 0 bridgehead atoms. The summed E-state index contributed by atoms with van der Waals surface area (Å²) < 4.78 is 6.61. The maximum atomic E-state index is 8.68. The minimum absolute atomic E-state index is 0.458. The molecule has 0 aliphatic heterocycles. The molecule has 0 fully saturated rings. The van der Waals surface area contributed by atoms with E-state index < -0.39 is 0 Å². The summed E-state index contributed by atoms with van der Waals surface area (Å²) in [4.78, 5) is 0. The highest BCUT2D eigenvalue weighted by molar-refractivity contribution is 9.10. The van der Waals surface area contributed by atoms with Gasteiger partial charge in [-0.05, 0) is 43.7 Å². The van der Waals surface area contributed by atoms with E-state index in [9.17, 15) is 0 Å². The summed E-state index contributed by atoms with van der Waals surface area (Å²) in [5.74, 6) is 1.31. The zero-order valence-electron chi connectivity index (χ0n) is 9.57. The SMILES string of the molecule is C/C(=N\O)c1ccc(-c2ccc(C)cc2Br)o1. The fourth-order valence-corrected chi connectivity index (χ4v) is 2.23. The first-order chi connectivity index (χ1) is 8.11. The molecule has 0 aliphatic carbocycles. The van der Waals surface area contributed by atoms with Gasteiger partial charge in [-0.2, -0.15) is 0 Å². The molecule has 0 radical (unpaired) electrons. The Labute approximate surface area is 108 Å². The third-order valence-corrected chi connectivity index (χ3v) is 3.16. The lowest BCUT2D eigenvalue weighted by molar-refractivity contribution is 0.317. The Morgan fingerprint density at radius 1 is 1.29 bits per heavy atom. The Kier molecular flexibility index (Phi) is 3.33. The molecule has 3 nitrogen and oxygen atoms in total. The predicted octanol–water partition coefficient (Wildman–Crippen LogP) is 4.22. The zero-order valence-corrected chi connectivity index (χ0v) is 11.2. The Morgan fingerprint density at radius 3 is 2.71 bits per heavy atom. The maximum Gasteiger partial charge on any atom is 0.152 e. The van der Waals surface area contributed by atoms with Crippen LogP contribution in [-0.4, -0.2) is 10.9 Å². The van der Waals surface area contributed by atoms with Crippen LogP contribution in [0.15, 0.2) is 44.4 Å². The van der Waals surface area contributed by atoms with Crippen molar-refractivity contribution in [3.63, 3.8) is 0 Å². The summed E-state index contributed by atoms with van der Waals surface area (Å²) in [7, 11) is 0. The van der Waals surface area contributed by atoms with Crippen LogP contribution in [0.3, 0.4) is 0 Å². The van der Waals surface area contributed by atoms with Crippen LogP contribution in [0.1, 0.15) is 18.2 Å². The Bertz CT molecular complexity index is 573. The van der Waals surface area contributed by atoms with Gasteiger partial charge in [0.25, 0.3) is 0 Å². The van der Waals surface area contributed by atoms with Crippen LogP contribution in [0.4, 0.5) is 0 Å². The highest BCUT2D eigenvalue weighted by Crippen LogP contribution is 2.30. The number of hydrogen-bond acceptors (Lipinski definition) is 3. The summed E-state index contributed by atoms with van der Waals surface area (Å²) in [5, 5.41) is 11.8. The molecule has 1 N–H and O–H groups in total. The van der Waals surface area contributed by atoms with E-state index in [1.54, 1.807) is 13.0 Å². The molecule has 0 aliphatic rings. The van der Waals surface area contributed by atoms with Crippen molar-refractivity contribution < 1.29 is 9.62 Å². The number of halogens is 1. The molecule has 0 saturated carbocycles. The normalized spacial score (nSPS) is 11.8. The molecule has 17 heavy (non-hydrogen) atoms. The van der Waals surface area contributed by atoms with Gasteiger partial charge in [-0.15, -0.1) is 0 Å². The molecule has 2 rings (SSSR count). The van der Waals surface area contributed by atoms with E-state index in [-0.39, 0.29) is 0 Å². The number of aryl methyl sites for hydroxylation is 1. The van der Waals surface area contributed by atoms with Gasteiger partial charge >= 0.3 is 0 Å². The van der Waals surface area contributed by atoms with Crippen LogP contribution in [0.25, 0.3) is 11.3 Å². The predicted molar refractivity (Wildman–Crippen MR) is 70.6 cm³/mol. The van der Waals surface area contributed by atoms with Gasteiger partial charge in [-0.3, -0.25) is 0 Å². The molecule has 0 saturated heterocycles. The van der Waals surface area contributed by atoms with Gasteiger partial charge in [0.1, 0.15) is 11.5 Å². The van der Waals surface area contributed by atoms with E-state index in [0.29, 0.717) is 11.5 Å². The van der Waals surface area contributed by atoms with Crippen LogP contribution < -0.4 is 0 Å². The van der Waals surface area contributed by atoms with Gasteiger partial charge in [0, 0.05) is 10.0 Å². The molecule has 0 amide bonds. The van der Waals surface area contributed by atoms with E-state index in [0.717, 1.165) is 15.8 Å². The quantitative estimate of drug-likeness (QED) is 0.512. The fourth-order valence-electron chi connectivity index (χ4n) is 1.55. The largest absolute Gasteiger partial charge is 0.455 e. The maximum absolute atomic E-state index is 8.68. The molecule has 1 aromatic heterocycles. The number of benzene rings is 1. The van der Waals surface area contributed by atoms with Crippen molar-refractivity contribution in [1.29, 1.82) is 0 Å². The third-order valence-electron chi connectivity index (χ3n) is 2.50. The summed E-state index contributed by atoms with van der Waals surface area (Å²) in [6.07, 6.45) is 0. The van der Waals surface area contributed by atoms with Gasteiger partial charge in [-0.1, -0.05) is 27.2 Å². The van der Waals surface area contributed by atoms with Crippen molar-refractivity contribution in [3.8, 4) is 11.3 Å². The van der Waals surface area contributed by atoms with Gasteiger partial charge in [0.15, 0.2) is 5.76 Å². The van der Waals surface area contributed by atoms with Crippen LogP contribution in [0, 0.1) is 6.92 Å². The first-order valence-electron chi connectivity index (χ1n) is 5.17. The minimum atomic E-state index is 0.458. The molecule has 1 aromatic carbocycles. The molecule has 0 atom stereocenters. The second-order valence-corrected chi connectivity index (χ2v) is 4.69. The van der Waals surface area contributed by atoms with E-state index in [1.807, 2.05) is 31.2 Å². The summed E-state index contributed by atoms with van der Waals surface area (Å²) in [6.45, 7) is 3.72. The monoisotopic (exact) mass is 293 g/mol. The van der Waals surface area contributed by atoms with Crippen molar-refractivity contribution in [2.45, 2.75) is 13.8 Å². The van der Waals surface area contributed by atoms with E-state index in [4.69, 9.17) is 9.62 Å². The molecular formula is C13H12BrNO2. The number of rotatable bonds is 2. The van der Waals surface area contributed by atoms with Gasteiger partial charge in [0.05, 0.1) is 0 Å². The molecule has 0 spiro atoms. The first kappa shape index (κ1) is 11.9. The van der Waals surface area contributed by atoms with E-state index >= 15 is 0 Å². The highest BCUT2D eigenvalue weighted by Gasteiger charge is 2.10. The minimum Gasteiger partial charge on any atom is -0.455 e. The van der Waals surface area contributed by atoms with Crippen LogP contribution in [-0.2, 0) is 0 Å². The lowest BCUT2D eigenvalue weighted by atomic mass is 10.1. The van der Waals surface area contributed by atoms with Crippen LogP contribution in [0.2, 0.25) is 0 Å². The number of nitrogens with zero attached hydrogens (tertiary/aromatic N) is 1. The standard InChI is InChI=1S/C13H12BrNO2/c1-8-3-4-10(11(14)7-8)13-6-5-12(17-13)9(2)15-16/h3-7,16H,1-2H3/b15-9+. The molecule has 4 heteroatoms. The smallest absolute Gasteiger partial charge is 0.152 e. The van der Waals surface area contributed by atoms with Crippen molar-refractivity contribution in [1.82, 2.24) is 0 Å². The summed E-state index contributed by atoms with van der Waals surface area (Å²) >= 11 is 3.51. The average Bonchev–Trinajstić information content (AvgIpc) is 2.77. The molecule has 2 aromatic rings. The molecular weight excluding hydrogens is 282 g/mol. The lowest BCUT2D eigenvalue weighted by Crippen LogP contribution is -1.90. The van der Waals surface area contributed by atoms with Gasteiger partial charge in [-0.25, -0.2) is 0 Å². The Hall–Kier alpha value is -1.55.